The summed E-state index contributed by atoms with van der Waals surface area (Å²) in [5.41, 5.74) is 5.21. The summed E-state index contributed by atoms with van der Waals surface area (Å²) in [6.07, 6.45) is 1.52. The highest BCUT2D eigenvalue weighted by Crippen LogP contribution is 2.32. The van der Waals surface area contributed by atoms with Crippen LogP contribution in [0.5, 0.6) is 0 Å². The molecule has 1 fully saturated rings. The molecule has 8 nitrogen and oxygen atoms in total. The highest BCUT2D eigenvalue weighted by Gasteiger charge is 2.39. The lowest BCUT2D eigenvalue weighted by Crippen LogP contribution is -2.36. The van der Waals surface area contributed by atoms with Crippen LogP contribution in [0.1, 0.15) is 33.6 Å². The normalized spacial score (nSPS) is 21.0. The van der Waals surface area contributed by atoms with Gasteiger partial charge in [-0.3, -0.25) is 24.6 Å². The second kappa shape index (κ2) is 4.81. The summed E-state index contributed by atoms with van der Waals surface area (Å²) < 4.78 is 5.42. The molecule has 0 bridgehead atoms. The largest absolute Gasteiger partial charge is 0.393 e. The van der Waals surface area contributed by atoms with E-state index in [1.54, 1.807) is 0 Å². The Morgan fingerprint density at radius 1 is 1.33 bits per heavy atom. The van der Waals surface area contributed by atoms with Crippen LogP contribution in [0.2, 0.25) is 0 Å². The molecule has 0 saturated carbocycles. The topological polar surface area (TPSA) is 116 Å². The van der Waals surface area contributed by atoms with Crippen LogP contribution in [0.3, 0.4) is 0 Å². The van der Waals surface area contributed by atoms with Crippen LogP contribution in [0.15, 0.2) is 12.1 Å². The number of ether oxygens (including phenoxy) is 1. The van der Waals surface area contributed by atoms with Crippen molar-refractivity contribution in [1.29, 1.82) is 0 Å². The highest BCUT2D eigenvalue weighted by atomic mass is 16.6. The number of hydrogen-bond acceptors (Lipinski definition) is 6. The summed E-state index contributed by atoms with van der Waals surface area (Å²) in [4.78, 5) is 35.8. The summed E-state index contributed by atoms with van der Waals surface area (Å²) in [5.74, 6) is -1.01. The van der Waals surface area contributed by atoms with Gasteiger partial charge >= 0.3 is 0 Å². The van der Waals surface area contributed by atoms with Gasteiger partial charge in [0, 0.05) is 12.7 Å². The van der Waals surface area contributed by atoms with E-state index in [4.69, 9.17) is 10.5 Å². The van der Waals surface area contributed by atoms with Crippen LogP contribution in [-0.4, -0.2) is 40.9 Å². The van der Waals surface area contributed by atoms with Crippen LogP contribution < -0.4 is 5.73 Å². The molecular weight excluding hydrogens is 278 g/mol. The zero-order chi connectivity index (χ0) is 15.1. The van der Waals surface area contributed by atoms with Gasteiger partial charge in [-0.15, -0.1) is 0 Å². The van der Waals surface area contributed by atoms with E-state index in [1.807, 2.05) is 0 Å². The van der Waals surface area contributed by atoms with Gasteiger partial charge in [0.25, 0.3) is 17.5 Å². The maximum atomic E-state index is 12.3. The van der Waals surface area contributed by atoms with Crippen molar-refractivity contribution >= 4 is 23.2 Å². The molecule has 1 aromatic rings. The maximum absolute atomic E-state index is 12.3. The van der Waals surface area contributed by atoms with E-state index >= 15 is 0 Å². The number of carbonyl (C=O) groups excluding carboxylic acids is 2. The van der Waals surface area contributed by atoms with Crippen molar-refractivity contribution in [2.75, 3.05) is 18.9 Å². The summed E-state index contributed by atoms with van der Waals surface area (Å²) in [5, 5.41) is 10.9. The van der Waals surface area contributed by atoms with E-state index < -0.39 is 16.7 Å². The van der Waals surface area contributed by atoms with Crippen LogP contribution in [0.4, 0.5) is 11.4 Å². The fourth-order valence-electron chi connectivity index (χ4n) is 2.66. The first-order valence-corrected chi connectivity index (χ1v) is 6.54. The highest BCUT2D eigenvalue weighted by molar-refractivity contribution is 6.22. The predicted octanol–water partition coefficient (Wildman–Crippen LogP) is 0.952. The van der Waals surface area contributed by atoms with E-state index in [1.165, 1.54) is 6.07 Å². The molecule has 2 N–H and O–H groups in total. The molecule has 0 aromatic heterocycles. The number of hydrogen-bond donors (Lipinski definition) is 1. The molecule has 2 aliphatic heterocycles. The van der Waals surface area contributed by atoms with Gasteiger partial charge < -0.3 is 10.5 Å². The number of benzene rings is 1. The standard InChI is InChI=1S/C13H13N3O5/c14-10-4-8-9(5-11(10)16(19)20)13(18)15(12(8)17)6-7-2-1-3-21-7/h4-5,7H,1-3,6,14H2. The minimum Gasteiger partial charge on any atom is -0.393 e. The molecule has 21 heavy (non-hydrogen) atoms. The van der Waals surface area contributed by atoms with E-state index in [9.17, 15) is 19.7 Å². The molecule has 110 valence electrons. The Morgan fingerprint density at radius 3 is 2.57 bits per heavy atom. The molecule has 2 amide bonds. The Kier molecular flexibility index (Phi) is 3.09. The van der Waals surface area contributed by atoms with Gasteiger partial charge in [-0.2, -0.15) is 0 Å². The van der Waals surface area contributed by atoms with E-state index in [2.05, 4.69) is 0 Å². The summed E-state index contributed by atoms with van der Waals surface area (Å²) in [6.45, 7) is 0.784. The van der Waals surface area contributed by atoms with Crippen molar-refractivity contribution in [3.05, 3.63) is 33.4 Å². The number of anilines is 1. The van der Waals surface area contributed by atoms with Crippen LogP contribution in [0, 0.1) is 10.1 Å². The minimum atomic E-state index is -0.671. The average molecular weight is 291 g/mol. The van der Waals surface area contributed by atoms with E-state index in [0.717, 1.165) is 23.8 Å². The number of rotatable bonds is 3. The molecule has 0 radical (unpaired) electrons. The van der Waals surface area contributed by atoms with Crippen LogP contribution in [-0.2, 0) is 4.74 Å². The summed E-state index contributed by atoms with van der Waals surface area (Å²) >= 11 is 0. The third kappa shape index (κ3) is 2.13. The second-order valence-corrected chi connectivity index (χ2v) is 5.07. The average Bonchev–Trinajstić information content (AvgIpc) is 3.02. The molecule has 1 atom stereocenters. The van der Waals surface area contributed by atoms with E-state index in [-0.39, 0.29) is 35.2 Å². The number of amides is 2. The van der Waals surface area contributed by atoms with Gasteiger partial charge in [0.05, 0.1) is 28.7 Å². The molecule has 3 rings (SSSR count). The Balaban J connectivity index is 1.94. The molecule has 1 aromatic carbocycles. The van der Waals surface area contributed by atoms with Crippen LogP contribution >= 0.6 is 0 Å². The van der Waals surface area contributed by atoms with Crippen molar-refractivity contribution in [2.45, 2.75) is 18.9 Å². The smallest absolute Gasteiger partial charge is 0.292 e. The first kappa shape index (κ1) is 13.5. The number of nitrogen functional groups attached to an aromatic ring is 1. The van der Waals surface area contributed by atoms with Gasteiger partial charge in [-0.1, -0.05) is 0 Å². The number of fused-ring (bicyclic) bond motifs is 1. The molecule has 2 aliphatic rings. The Morgan fingerprint density at radius 2 is 2.00 bits per heavy atom. The van der Waals surface area contributed by atoms with Crippen molar-refractivity contribution in [3.8, 4) is 0 Å². The second-order valence-electron chi connectivity index (χ2n) is 5.07. The summed E-state index contributed by atoms with van der Waals surface area (Å²) in [6, 6.07) is 2.27. The zero-order valence-corrected chi connectivity index (χ0v) is 11.1. The molecule has 0 spiro atoms. The van der Waals surface area contributed by atoms with Crippen molar-refractivity contribution < 1.29 is 19.2 Å². The third-order valence-electron chi connectivity index (χ3n) is 3.72. The quantitative estimate of drug-likeness (QED) is 0.383. The molecule has 2 heterocycles. The first-order chi connectivity index (χ1) is 9.99. The minimum absolute atomic E-state index is 0.0268. The van der Waals surface area contributed by atoms with Gasteiger partial charge in [0.2, 0.25) is 0 Å². The molecular formula is C13H13N3O5. The SMILES string of the molecule is Nc1cc2c(cc1[N+](=O)[O-])C(=O)N(CC1CCCO1)C2=O. The Labute approximate surface area is 119 Å². The van der Waals surface area contributed by atoms with Crippen molar-refractivity contribution in [3.63, 3.8) is 0 Å². The predicted molar refractivity (Wildman–Crippen MR) is 71.8 cm³/mol. The lowest BCUT2D eigenvalue weighted by Gasteiger charge is -2.17. The summed E-state index contributed by atoms with van der Waals surface area (Å²) in [7, 11) is 0. The molecule has 1 unspecified atom stereocenters. The van der Waals surface area contributed by atoms with Gasteiger partial charge in [0.1, 0.15) is 5.69 Å². The monoisotopic (exact) mass is 291 g/mol. The fraction of sp³-hybridized carbons (Fsp3) is 0.385. The van der Waals surface area contributed by atoms with Crippen molar-refractivity contribution in [2.24, 2.45) is 0 Å². The first-order valence-electron chi connectivity index (χ1n) is 6.54. The molecule has 0 aliphatic carbocycles. The van der Waals surface area contributed by atoms with Gasteiger partial charge in [-0.25, -0.2) is 0 Å². The van der Waals surface area contributed by atoms with Crippen LogP contribution in [0.25, 0.3) is 0 Å². The third-order valence-corrected chi connectivity index (χ3v) is 3.72. The number of nitrogens with zero attached hydrogens (tertiary/aromatic N) is 2. The molecule has 8 heteroatoms. The van der Waals surface area contributed by atoms with Crippen molar-refractivity contribution in [1.82, 2.24) is 4.90 Å². The Hall–Kier alpha value is -2.48. The van der Waals surface area contributed by atoms with Gasteiger partial charge in [-0.05, 0) is 18.9 Å². The maximum Gasteiger partial charge on any atom is 0.292 e. The number of imide groups is 1. The van der Waals surface area contributed by atoms with Gasteiger partial charge in [0.15, 0.2) is 0 Å². The lowest BCUT2D eigenvalue weighted by molar-refractivity contribution is -0.383. The lowest BCUT2D eigenvalue weighted by atomic mass is 10.1. The number of nitro groups is 1. The molecule has 1 saturated heterocycles. The zero-order valence-electron chi connectivity index (χ0n) is 11.1. The fourth-order valence-corrected chi connectivity index (χ4v) is 2.66. The number of carbonyl (C=O) groups is 2. The number of nitro benzene ring substituents is 1. The Bertz CT molecular complexity index is 651. The number of nitrogens with two attached hydrogens (primary N) is 1. The van der Waals surface area contributed by atoms with E-state index in [0.29, 0.717) is 6.61 Å².